The lowest BCUT2D eigenvalue weighted by atomic mass is 9.51. The zero-order valence-electron chi connectivity index (χ0n) is 17.8. The molecule has 4 atom stereocenters. The number of methoxy groups -OCH3 is 2. The molecule has 0 saturated carbocycles. The van der Waals surface area contributed by atoms with Crippen LogP contribution in [0.2, 0.25) is 0 Å². The van der Waals surface area contributed by atoms with Crippen LogP contribution in [0.4, 0.5) is 0 Å². The third-order valence-corrected chi connectivity index (χ3v) is 7.69. The van der Waals surface area contributed by atoms with Crippen LogP contribution in [-0.4, -0.2) is 55.6 Å². The second-order valence-corrected chi connectivity index (χ2v) is 8.84. The van der Waals surface area contributed by atoms with Crippen molar-refractivity contribution in [1.29, 1.82) is 0 Å². The van der Waals surface area contributed by atoms with Gasteiger partial charge >= 0.3 is 0 Å². The van der Waals surface area contributed by atoms with Gasteiger partial charge in [0, 0.05) is 11.6 Å². The number of aliphatic hydroxyl groups is 1. The highest BCUT2D eigenvalue weighted by Crippen LogP contribution is 2.67. The van der Waals surface area contributed by atoms with Gasteiger partial charge in [0.1, 0.15) is 11.9 Å². The van der Waals surface area contributed by atoms with Crippen molar-refractivity contribution in [2.75, 3.05) is 27.8 Å². The van der Waals surface area contributed by atoms with E-state index in [0.717, 1.165) is 49.5 Å². The lowest BCUT2D eigenvalue weighted by molar-refractivity contribution is -0.0990. The predicted octanol–water partition coefficient (Wildman–Crippen LogP) is 3.35. The Balaban J connectivity index is 1.82. The fourth-order valence-corrected chi connectivity index (χ4v) is 6.39. The molecule has 4 aliphatic rings. The summed E-state index contributed by atoms with van der Waals surface area (Å²) in [7, 11) is 5.58. The van der Waals surface area contributed by atoms with Gasteiger partial charge in [-0.15, -0.1) is 0 Å². The number of benzene rings is 1. The van der Waals surface area contributed by atoms with Gasteiger partial charge in [0.05, 0.1) is 19.6 Å². The van der Waals surface area contributed by atoms with Crippen LogP contribution >= 0.6 is 0 Å². The molecule has 0 amide bonds. The molecule has 0 aromatic heterocycles. The molecule has 2 heterocycles. The Morgan fingerprint density at radius 3 is 2.83 bits per heavy atom. The molecule has 5 rings (SSSR count). The molecule has 2 aliphatic heterocycles. The maximum absolute atomic E-state index is 11.7. The lowest BCUT2D eigenvalue weighted by Crippen LogP contribution is -2.68. The molecule has 1 saturated heterocycles. The van der Waals surface area contributed by atoms with Crippen LogP contribution in [0.5, 0.6) is 11.5 Å². The van der Waals surface area contributed by atoms with Gasteiger partial charge in [0.2, 0.25) is 5.60 Å². The number of piperidine rings is 1. The van der Waals surface area contributed by atoms with Crippen LogP contribution < -0.4 is 9.47 Å². The second-order valence-electron chi connectivity index (χ2n) is 8.84. The molecular formula is C24H31NO4. The Morgan fingerprint density at radius 2 is 2.10 bits per heavy atom. The van der Waals surface area contributed by atoms with Gasteiger partial charge in [-0.25, -0.2) is 0 Å². The molecule has 0 unspecified atom stereocenters. The van der Waals surface area contributed by atoms with E-state index >= 15 is 0 Å². The number of aliphatic hydroxyl groups excluding tert-OH is 1. The first-order valence-electron chi connectivity index (χ1n) is 10.8. The molecule has 0 radical (unpaired) electrons. The maximum atomic E-state index is 11.7. The zero-order chi connectivity index (χ0) is 20.4. The minimum absolute atomic E-state index is 0.312. The SMILES string of the molecule is CCCC[C@H](O)[C@@]12Oc3c(OC)ccc4c3[C@]13CCN(C)[C@H](C4)C3=CC=C2OC. The summed E-state index contributed by atoms with van der Waals surface area (Å²) < 4.78 is 18.5. The summed E-state index contributed by atoms with van der Waals surface area (Å²) >= 11 is 0. The topological polar surface area (TPSA) is 51.2 Å². The maximum Gasteiger partial charge on any atom is 0.204 e. The molecule has 2 bridgehead atoms. The van der Waals surface area contributed by atoms with E-state index in [0.29, 0.717) is 12.5 Å². The third-order valence-electron chi connectivity index (χ3n) is 7.69. The van der Waals surface area contributed by atoms with E-state index in [1.165, 1.54) is 16.7 Å². The number of allylic oxidation sites excluding steroid dienone is 2. The Bertz CT molecular complexity index is 906. The van der Waals surface area contributed by atoms with E-state index < -0.39 is 17.1 Å². The van der Waals surface area contributed by atoms with E-state index in [4.69, 9.17) is 14.2 Å². The number of likely N-dealkylation sites (N-methyl/N-ethyl adjacent to an activating group) is 1. The van der Waals surface area contributed by atoms with E-state index in [1.54, 1.807) is 14.2 Å². The monoisotopic (exact) mass is 397 g/mol. The molecule has 1 N–H and O–H groups in total. The first-order chi connectivity index (χ1) is 14.0. The van der Waals surface area contributed by atoms with Gasteiger partial charge in [-0.2, -0.15) is 0 Å². The van der Waals surface area contributed by atoms with Gasteiger partial charge in [0.25, 0.3) is 0 Å². The molecule has 1 spiro atoms. The zero-order valence-corrected chi connectivity index (χ0v) is 17.8. The van der Waals surface area contributed by atoms with Crippen LogP contribution in [0.1, 0.15) is 43.7 Å². The highest BCUT2D eigenvalue weighted by atomic mass is 16.6. The summed E-state index contributed by atoms with van der Waals surface area (Å²) in [6.07, 6.45) is 8.09. The number of likely N-dealkylation sites (tertiary alicyclic amines) is 1. The lowest BCUT2D eigenvalue weighted by Gasteiger charge is -2.58. The fraction of sp³-hybridized carbons (Fsp3) is 0.583. The molecule has 1 aromatic carbocycles. The number of hydrogen-bond donors (Lipinski definition) is 1. The standard InChI is InChI=1S/C24H31NO4/c1-5-6-7-19(26)24-20(28-4)11-9-16-17-14-15-8-10-18(27-3)22(29-24)21(15)23(16,24)12-13-25(17)2/h8-11,17,19,26H,5-7,12-14H2,1-4H3/t17-,19+,23-,24+/m1/s1. The summed E-state index contributed by atoms with van der Waals surface area (Å²) in [5, 5.41) is 11.7. The number of unbranched alkanes of at least 4 members (excludes halogenated alkanes) is 1. The molecular weight excluding hydrogens is 366 g/mol. The Morgan fingerprint density at radius 1 is 1.28 bits per heavy atom. The first kappa shape index (κ1) is 19.0. The molecule has 156 valence electrons. The number of hydrogen-bond acceptors (Lipinski definition) is 5. The fourth-order valence-electron chi connectivity index (χ4n) is 6.39. The second kappa shape index (κ2) is 6.51. The average molecular weight is 398 g/mol. The van der Waals surface area contributed by atoms with Gasteiger partial charge in [-0.05, 0) is 56.1 Å². The van der Waals surface area contributed by atoms with Crippen LogP contribution in [-0.2, 0) is 16.6 Å². The van der Waals surface area contributed by atoms with E-state index in [9.17, 15) is 5.11 Å². The van der Waals surface area contributed by atoms with Crippen molar-refractivity contribution < 1.29 is 19.3 Å². The Labute approximate surface area is 172 Å². The molecule has 1 fully saturated rings. The van der Waals surface area contributed by atoms with Crippen LogP contribution in [0, 0.1) is 0 Å². The molecule has 1 aromatic rings. The molecule has 2 aliphatic carbocycles. The normalized spacial score (nSPS) is 32.7. The van der Waals surface area contributed by atoms with Crippen molar-refractivity contribution in [3.05, 3.63) is 46.7 Å². The molecule has 29 heavy (non-hydrogen) atoms. The average Bonchev–Trinajstić information content (AvgIpc) is 3.06. The van der Waals surface area contributed by atoms with Crippen LogP contribution in [0.25, 0.3) is 0 Å². The summed E-state index contributed by atoms with van der Waals surface area (Å²) in [5.41, 5.74) is 2.52. The van der Waals surface area contributed by atoms with Gasteiger partial charge in [-0.3, -0.25) is 4.90 Å². The summed E-state index contributed by atoms with van der Waals surface area (Å²) in [4.78, 5) is 2.44. The minimum Gasteiger partial charge on any atom is -0.497 e. The van der Waals surface area contributed by atoms with Crippen molar-refractivity contribution in [3.63, 3.8) is 0 Å². The van der Waals surface area contributed by atoms with Gasteiger partial charge in [-0.1, -0.05) is 31.9 Å². The molecule has 5 nitrogen and oxygen atoms in total. The van der Waals surface area contributed by atoms with E-state index in [2.05, 4.69) is 31.0 Å². The summed E-state index contributed by atoms with van der Waals surface area (Å²) in [5.74, 6) is 2.25. The third kappa shape index (κ3) is 2.13. The van der Waals surface area contributed by atoms with Crippen molar-refractivity contribution in [1.82, 2.24) is 4.90 Å². The van der Waals surface area contributed by atoms with E-state index in [-0.39, 0.29) is 0 Å². The Hall–Kier alpha value is -1.98. The number of nitrogens with zero attached hydrogens (tertiary/aromatic N) is 1. The van der Waals surface area contributed by atoms with Crippen LogP contribution in [0.15, 0.2) is 35.6 Å². The smallest absolute Gasteiger partial charge is 0.204 e. The Kier molecular flexibility index (Phi) is 4.27. The van der Waals surface area contributed by atoms with Crippen molar-refractivity contribution >= 4 is 0 Å². The quantitative estimate of drug-likeness (QED) is 0.798. The number of rotatable bonds is 6. The van der Waals surface area contributed by atoms with Gasteiger partial charge < -0.3 is 19.3 Å². The largest absolute Gasteiger partial charge is 0.497 e. The minimum atomic E-state index is -0.938. The van der Waals surface area contributed by atoms with Crippen molar-refractivity contribution in [3.8, 4) is 11.5 Å². The van der Waals surface area contributed by atoms with Crippen molar-refractivity contribution in [2.45, 2.75) is 62.2 Å². The number of ether oxygens (including phenoxy) is 3. The highest BCUT2D eigenvalue weighted by Gasteiger charge is 2.72. The summed E-state index contributed by atoms with van der Waals surface area (Å²) in [6.45, 7) is 3.11. The van der Waals surface area contributed by atoms with Gasteiger partial charge in [0.15, 0.2) is 11.5 Å². The predicted molar refractivity (Wildman–Crippen MR) is 111 cm³/mol. The first-order valence-corrected chi connectivity index (χ1v) is 10.8. The summed E-state index contributed by atoms with van der Waals surface area (Å²) in [6, 6.07) is 4.51. The van der Waals surface area contributed by atoms with Crippen molar-refractivity contribution in [2.24, 2.45) is 0 Å². The van der Waals surface area contributed by atoms with Crippen LogP contribution in [0.3, 0.4) is 0 Å². The van der Waals surface area contributed by atoms with E-state index in [1.807, 2.05) is 12.1 Å². The molecule has 5 heteroatoms. The highest BCUT2D eigenvalue weighted by molar-refractivity contribution is 5.70.